The number of nitro groups is 1. The maximum Gasteiger partial charge on any atom is 0.435 e. The fourth-order valence-corrected chi connectivity index (χ4v) is 1.37. The Morgan fingerprint density at radius 1 is 1.83 bits per heavy atom. The summed E-state index contributed by atoms with van der Waals surface area (Å²) in [5.41, 5.74) is 0.390. The van der Waals surface area contributed by atoms with E-state index >= 15 is 0 Å². The van der Waals surface area contributed by atoms with E-state index in [0.717, 1.165) is 0 Å². The molecule has 66 valence electrons. The first-order chi connectivity index (χ1) is 5.57. The molecule has 0 aliphatic heterocycles. The van der Waals surface area contributed by atoms with Gasteiger partial charge >= 0.3 is 5.95 Å². The van der Waals surface area contributed by atoms with Crippen LogP contribution in [0.2, 0.25) is 0 Å². The lowest BCUT2D eigenvalue weighted by molar-refractivity contribution is -0.396. The van der Waals surface area contributed by atoms with Gasteiger partial charge in [-0.1, -0.05) is 4.98 Å². The van der Waals surface area contributed by atoms with Crippen molar-refractivity contribution in [1.29, 1.82) is 0 Å². The second-order valence-electron chi connectivity index (χ2n) is 2.12. The highest BCUT2D eigenvalue weighted by atomic mass is 79.9. The Bertz CT molecular complexity index is 322. The highest BCUT2D eigenvalue weighted by molar-refractivity contribution is 9.10. The van der Waals surface area contributed by atoms with Crippen molar-refractivity contribution in [2.75, 3.05) is 0 Å². The molecule has 0 atom stereocenters. The predicted octanol–water partition coefficient (Wildman–Crippen LogP) is 0.583. The highest BCUT2D eigenvalue weighted by Gasteiger charge is 2.21. The number of rotatable bonds is 2. The lowest BCUT2D eigenvalue weighted by Gasteiger charge is -1.94. The van der Waals surface area contributed by atoms with Crippen LogP contribution in [0.1, 0.15) is 5.69 Å². The Kier molecular flexibility index (Phi) is 2.43. The van der Waals surface area contributed by atoms with E-state index < -0.39 is 4.92 Å². The summed E-state index contributed by atoms with van der Waals surface area (Å²) in [6.07, 6.45) is 0. The molecule has 0 fully saturated rings. The van der Waals surface area contributed by atoms with Crippen LogP contribution in [-0.4, -0.2) is 19.6 Å². The van der Waals surface area contributed by atoms with Crippen molar-refractivity contribution in [2.45, 2.75) is 6.61 Å². The van der Waals surface area contributed by atoms with Gasteiger partial charge in [0.15, 0.2) is 5.69 Å². The molecule has 1 aromatic rings. The van der Waals surface area contributed by atoms with Crippen molar-refractivity contribution in [3.8, 4) is 0 Å². The van der Waals surface area contributed by atoms with Crippen LogP contribution in [0.15, 0.2) is 4.60 Å². The number of hydrogen-bond donors (Lipinski definition) is 1. The Labute approximate surface area is 76.1 Å². The van der Waals surface area contributed by atoms with E-state index in [9.17, 15) is 10.1 Å². The van der Waals surface area contributed by atoms with Gasteiger partial charge < -0.3 is 15.2 Å². The minimum absolute atomic E-state index is 0.280. The molecular weight excluding hydrogens is 230 g/mol. The zero-order chi connectivity index (χ0) is 9.30. The van der Waals surface area contributed by atoms with Gasteiger partial charge in [0.05, 0.1) is 7.05 Å². The monoisotopic (exact) mass is 235 g/mol. The van der Waals surface area contributed by atoms with Crippen molar-refractivity contribution in [3.63, 3.8) is 0 Å². The third-order valence-electron chi connectivity index (χ3n) is 1.45. The van der Waals surface area contributed by atoms with Crippen molar-refractivity contribution in [3.05, 3.63) is 20.4 Å². The summed E-state index contributed by atoms with van der Waals surface area (Å²) in [5, 5.41) is 19.1. The Hall–Kier alpha value is -0.950. The van der Waals surface area contributed by atoms with Gasteiger partial charge in [-0.15, -0.1) is 0 Å². The molecule has 0 spiro atoms. The third kappa shape index (κ3) is 1.32. The van der Waals surface area contributed by atoms with Gasteiger partial charge in [0.1, 0.15) is 6.61 Å². The van der Waals surface area contributed by atoms with Gasteiger partial charge in [-0.25, -0.2) is 4.57 Å². The van der Waals surface area contributed by atoms with Crippen LogP contribution < -0.4 is 0 Å². The number of nitrogens with zero attached hydrogens (tertiary/aromatic N) is 3. The maximum absolute atomic E-state index is 10.3. The number of hydrogen-bond acceptors (Lipinski definition) is 4. The summed E-state index contributed by atoms with van der Waals surface area (Å²) >= 11 is 3.00. The molecule has 0 unspecified atom stereocenters. The van der Waals surface area contributed by atoms with E-state index in [1.54, 1.807) is 0 Å². The molecule has 1 N–H and O–H groups in total. The maximum atomic E-state index is 10.3. The van der Waals surface area contributed by atoms with Crippen molar-refractivity contribution in [1.82, 2.24) is 9.55 Å². The minimum Gasteiger partial charge on any atom is -0.390 e. The second-order valence-corrected chi connectivity index (χ2v) is 2.87. The van der Waals surface area contributed by atoms with Crippen LogP contribution in [0.5, 0.6) is 0 Å². The van der Waals surface area contributed by atoms with E-state index in [0.29, 0.717) is 10.3 Å². The normalized spacial score (nSPS) is 10.2. The minimum atomic E-state index is -0.607. The summed E-state index contributed by atoms with van der Waals surface area (Å²) in [7, 11) is 1.47. The average molecular weight is 236 g/mol. The van der Waals surface area contributed by atoms with Gasteiger partial charge in [-0.2, -0.15) is 0 Å². The molecule has 0 aliphatic rings. The molecule has 0 aliphatic carbocycles. The number of aliphatic hydroxyl groups excluding tert-OH is 1. The Morgan fingerprint density at radius 2 is 2.42 bits per heavy atom. The first kappa shape index (κ1) is 9.14. The SMILES string of the molecule is Cn1c([N+](=O)[O-])nc(Br)c1CO. The molecule has 1 aromatic heterocycles. The zero-order valence-corrected chi connectivity index (χ0v) is 7.78. The smallest absolute Gasteiger partial charge is 0.390 e. The summed E-state index contributed by atoms with van der Waals surface area (Å²) < 4.78 is 1.53. The van der Waals surface area contributed by atoms with Crippen molar-refractivity contribution in [2.24, 2.45) is 7.05 Å². The van der Waals surface area contributed by atoms with E-state index in [2.05, 4.69) is 20.9 Å². The molecule has 0 bridgehead atoms. The lowest BCUT2D eigenvalue weighted by Crippen LogP contribution is -2.01. The van der Waals surface area contributed by atoms with Crippen LogP contribution >= 0.6 is 15.9 Å². The fraction of sp³-hybridized carbons (Fsp3) is 0.400. The molecular formula is C5H6BrN3O3. The van der Waals surface area contributed by atoms with Gasteiger partial charge in [-0.05, 0) is 20.9 Å². The van der Waals surface area contributed by atoms with Crippen LogP contribution in [-0.2, 0) is 13.7 Å². The third-order valence-corrected chi connectivity index (χ3v) is 2.09. The molecule has 0 saturated heterocycles. The first-order valence-corrected chi connectivity index (χ1v) is 3.83. The average Bonchev–Trinajstić information content (AvgIpc) is 2.27. The molecule has 1 rings (SSSR count). The van der Waals surface area contributed by atoms with Gasteiger partial charge in [-0.3, -0.25) is 0 Å². The summed E-state index contributed by atoms with van der Waals surface area (Å²) in [4.78, 5) is 13.3. The van der Waals surface area contributed by atoms with Crippen LogP contribution in [0.3, 0.4) is 0 Å². The Morgan fingerprint density at radius 3 is 2.67 bits per heavy atom. The fourth-order valence-electron chi connectivity index (χ4n) is 0.821. The summed E-state index contributed by atoms with van der Waals surface area (Å²) in [6, 6.07) is 0. The summed E-state index contributed by atoms with van der Waals surface area (Å²) in [5.74, 6) is -0.286. The predicted molar refractivity (Wildman–Crippen MR) is 43.5 cm³/mol. The molecule has 12 heavy (non-hydrogen) atoms. The topological polar surface area (TPSA) is 81.2 Å². The van der Waals surface area contributed by atoms with Crippen molar-refractivity contribution < 1.29 is 10.0 Å². The lowest BCUT2D eigenvalue weighted by atomic mass is 10.5. The molecule has 1 heterocycles. The number of halogens is 1. The molecule has 0 aromatic carbocycles. The molecule has 0 amide bonds. The van der Waals surface area contributed by atoms with E-state index in [-0.39, 0.29) is 12.6 Å². The van der Waals surface area contributed by atoms with E-state index in [1.807, 2.05) is 0 Å². The number of aromatic nitrogens is 2. The largest absolute Gasteiger partial charge is 0.435 e. The summed E-state index contributed by atoms with van der Waals surface area (Å²) in [6.45, 7) is -0.280. The van der Waals surface area contributed by atoms with Gasteiger partial charge in [0.25, 0.3) is 0 Å². The second kappa shape index (κ2) is 3.20. The van der Waals surface area contributed by atoms with Crippen LogP contribution in [0.25, 0.3) is 0 Å². The van der Waals surface area contributed by atoms with E-state index in [4.69, 9.17) is 5.11 Å². The highest BCUT2D eigenvalue weighted by Crippen LogP contribution is 2.20. The zero-order valence-electron chi connectivity index (χ0n) is 6.19. The van der Waals surface area contributed by atoms with Gasteiger partial charge in [0.2, 0.25) is 4.60 Å². The van der Waals surface area contributed by atoms with Crippen LogP contribution in [0, 0.1) is 10.1 Å². The molecule has 7 heteroatoms. The van der Waals surface area contributed by atoms with Crippen molar-refractivity contribution >= 4 is 21.9 Å². The standard InChI is InChI=1S/C5H6BrN3O3/c1-8-3(2-10)4(6)7-5(8)9(11)12/h10H,2H2,1H3. The quantitative estimate of drug-likeness (QED) is 0.601. The Balaban J connectivity index is 3.26. The van der Waals surface area contributed by atoms with Gasteiger partial charge in [0, 0.05) is 0 Å². The molecule has 6 nitrogen and oxygen atoms in total. The van der Waals surface area contributed by atoms with E-state index in [1.165, 1.54) is 11.6 Å². The first-order valence-electron chi connectivity index (χ1n) is 3.04. The molecule has 0 saturated carbocycles. The molecule has 0 radical (unpaired) electrons. The number of aliphatic hydroxyl groups is 1. The van der Waals surface area contributed by atoms with Crippen LogP contribution in [0.4, 0.5) is 5.95 Å². The number of imidazole rings is 1.